The van der Waals surface area contributed by atoms with E-state index in [-0.39, 0.29) is 22.5 Å². The first-order chi connectivity index (χ1) is 11.5. The minimum absolute atomic E-state index is 0.0503. The summed E-state index contributed by atoms with van der Waals surface area (Å²) in [6, 6.07) is 0. The van der Waals surface area contributed by atoms with Gasteiger partial charge in [-0.3, -0.25) is 9.59 Å². The van der Waals surface area contributed by atoms with Crippen molar-refractivity contribution in [2.75, 3.05) is 12.4 Å². The van der Waals surface area contributed by atoms with Crippen LogP contribution in [0.25, 0.3) is 10.2 Å². The predicted octanol–water partition coefficient (Wildman–Crippen LogP) is 3.47. The average Bonchev–Trinajstić information content (AvgIpc) is 2.90. The van der Waals surface area contributed by atoms with Crippen molar-refractivity contribution in [1.29, 1.82) is 0 Å². The van der Waals surface area contributed by atoms with Gasteiger partial charge in [-0.25, -0.2) is 4.98 Å². The largest absolute Gasteiger partial charge is 0.465 e. The third-order valence-electron chi connectivity index (χ3n) is 4.33. The number of fused-ring (bicyclic) bond motifs is 3. The summed E-state index contributed by atoms with van der Waals surface area (Å²) >= 11 is 3.08. The van der Waals surface area contributed by atoms with Gasteiger partial charge in [-0.2, -0.15) is 0 Å². The van der Waals surface area contributed by atoms with Crippen molar-refractivity contribution in [3.05, 3.63) is 26.6 Å². The molecule has 24 heavy (non-hydrogen) atoms. The lowest BCUT2D eigenvalue weighted by atomic mass is 9.89. The van der Waals surface area contributed by atoms with Crippen LogP contribution >= 0.6 is 23.1 Å². The smallest absolute Gasteiger partial charge is 0.315 e. The number of aromatic amines is 1. The number of aromatic nitrogens is 2. The molecule has 2 heterocycles. The van der Waals surface area contributed by atoms with E-state index in [2.05, 4.69) is 16.9 Å². The fraction of sp³-hybridized carbons (Fsp3) is 0.588. The molecule has 130 valence electrons. The van der Waals surface area contributed by atoms with E-state index in [1.165, 1.54) is 22.2 Å². The summed E-state index contributed by atoms with van der Waals surface area (Å²) in [6.07, 6.45) is 3.14. The Morgan fingerprint density at radius 3 is 3.08 bits per heavy atom. The van der Waals surface area contributed by atoms with Crippen LogP contribution in [0.5, 0.6) is 0 Å². The zero-order valence-corrected chi connectivity index (χ0v) is 15.8. The van der Waals surface area contributed by atoms with Gasteiger partial charge in [0.1, 0.15) is 10.7 Å². The molecule has 1 aliphatic carbocycles. The van der Waals surface area contributed by atoms with Crippen molar-refractivity contribution < 1.29 is 9.53 Å². The van der Waals surface area contributed by atoms with Gasteiger partial charge in [-0.1, -0.05) is 6.92 Å². The molecule has 0 saturated heterocycles. The molecule has 1 N–H and O–H groups in total. The van der Waals surface area contributed by atoms with E-state index in [1.807, 2.05) is 6.92 Å². The molecule has 7 heteroatoms. The van der Waals surface area contributed by atoms with Gasteiger partial charge in [0.15, 0.2) is 0 Å². The van der Waals surface area contributed by atoms with Gasteiger partial charge >= 0.3 is 5.97 Å². The molecule has 0 spiro atoms. The van der Waals surface area contributed by atoms with Crippen molar-refractivity contribution in [1.82, 2.24) is 9.97 Å². The molecule has 2 aromatic heterocycles. The Balaban J connectivity index is 1.85. The Labute approximate surface area is 149 Å². The fourth-order valence-electron chi connectivity index (χ4n) is 3.03. The van der Waals surface area contributed by atoms with E-state index in [0.717, 1.165) is 29.5 Å². The zero-order chi connectivity index (χ0) is 17.3. The highest BCUT2D eigenvalue weighted by Gasteiger charge is 2.24. The van der Waals surface area contributed by atoms with Gasteiger partial charge in [-0.05, 0) is 44.6 Å². The van der Waals surface area contributed by atoms with E-state index in [1.54, 1.807) is 18.3 Å². The Bertz CT molecular complexity index is 812. The predicted molar refractivity (Wildman–Crippen MR) is 98.9 cm³/mol. The minimum atomic E-state index is -0.238. The molecular formula is C17H22N2O3S2. The maximum absolute atomic E-state index is 12.6. The van der Waals surface area contributed by atoms with Crippen LogP contribution in [0, 0.1) is 5.92 Å². The topological polar surface area (TPSA) is 72.0 Å². The fourth-order valence-corrected chi connectivity index (χ4v) is 5.16. The second kappa shape index (κ2) is 7.27. The maximum atomic E-state index is 12.6. The van der Waals surface area contributed by atoms with E-state index in [0.29, 0.717) is 18.3 Å². The number of hydrogen-bond donors (Lipinski definition) is 1. The molecular weight excluding hydrogens is 344 g/mol. The highest BCUT2D eigenvalue weighted by atomic mass is 32.2. The van der Waals surface area contributed by atoms with Gasteiger partial charge in [0, 0.05) is 4.88 Å². The Hall–Kier alpha value is -1.34. The molecule has 0 aromatic carbocycles. The van der Waals surface area contributed by atoms with Gasteiger partial charge < -0.3 is 9.72 Å². The first-order valence-corrected chi connectivity index (χ1v) is 10.2. The summed E-state index contributed by atoms with van der Waals surface area (Å²) < 4.78 is 4.94. The summed E-state index contributed by atoms with van der Waals surface area (Å²) in [5.74, 6) is 1.32. The lowest BCUT2D eigenvalue weighted by molar-refractivity contribution is -0.139. The van der Waals surface area contributed by atoms with Crippen LogP contribution in [0.15, 0.2) is 4.79 Å². The van der Waals surface area contributed by atoms with E-state index < -0.39 is 0 Å². The molecule has 0 saturated carbocycles. The number of nitrogens with zero attached hydrogens (tertiary/aromatic N) is 1. The number of esters is 1. The number of rotatable bonds is 5. The number of aryl methyl sites for hydroxylation is 1. The molecule has 0 aliphatic heterocycles. The monoisotopic (exact) mass is 366 g/mol. The van der Waals surface area contributed by atoms with E-state index in [4.69, 9.17) is 4.74 Å². The number of carbonyl (C=O) groups is 1. The number of H-pyrrole nitrogens is 1. The first kappa shape index (κ1) is 17.5. The van der Waals surface area contributed by atoms with E-state index >= 15 is 0 Å². The lowest BCUT2D eigenvalue weighted by Gasteiger charge is -2.17. The molecule has 0 amide bonds. The van der Waals surface area contributed by atoms with E-state index in [9.17, 15) is 9.59 Å². The highest BCUT2D eigenvalue weighted by molar-refractivity contribution is 8.00. The minimum Gasteiger partial charge on any atom is -0.465 e. The van der Waals surface area contributed by atoms with Gasteiger partial charge in [0.05, 0.1) is 23.0 Å². The quantitative estimate of drug-likeness (QED) is 0.821. The standard InChI is InChI=1S/C17H22N2O3S2/c1-4-22-13(20)8-23-10(3)15-18-16(21)14-11-6-5-9(2)7-12(11)24-17(14)19-15/h9-10H,4-8H2,1-3H3,(H,18,19,21)/t9-,10-/m0/s1. The molecule has 0 fully saturated rings. The number of carbonyl (C=O) groups excluding carboxylic acids is 1. The van der Waals surface area contributed by atoms with Crippen LogP contribution in [0.3, 0.4) is 0 Å². The Morgan fingerprint density at radius 1 is 1.54 bits per heavy atom. The molecule has 0 unspecified atom stereocenters. The number of ether oxygens (including phenoxy) is 1. The molecule has 5 nitrogen and oxygen atoms in total. The first-order valence-electron chi connectivity index (χ1n) is 8.31. The number of hydrogen-bond acceptors (Lipinski definition) is 6. The van der Waals surface area contributed by atoms with Crippen LogP contribution in [0.1, 0.15) is 48.7 Å². The van der Waals surface area contributed by atoms with Crippen LogP contribution in [-0.4, -0.2) is 28.3 Å². The third kappa shape index (κ3) is 3.52. The van der Waals surface area contributed by atoms with Gasteiger partial charge in [0.25, 0.3) is 5.56 Å². The average molecular weight is 367 g/mol. The second-order valence-electron chi connectivity index (χ2n) is 6.24. The van der Waals surface area contributed by atoms with Crippen molar-refractivity contribution in [3.63, 3.8) is 0 Å². The molecule has 0 radical (unpaired) electrons. The van der Waals surface area contributed by atoms with Crippen molar-refractivity contribution in [2.24, 2.45) is 5.92 Å². The summed E-state index contributed by atoms with van der Waals surface area (Å²) in [4.78, 5) is 33.8. The SMILES string of the molecule is CCOC(=O)CS[C@@H](C)c1nc2sc3c(c2c(=O)[nH]1)CC[C@H](C)C3. The van der Waals surface area contributed by atoms with Crippen LogP contribution < -0.4 is 5.56 Å². The zero-order valence-electron chi connectivity index (χ0n) is 14.2. The van der Waals surface area contributed by atoms with Crippen molar-refractivity contribution in [2.45, 2.75) is 45.3 Å². The number of thioether (sulfide) groups is 1. The van der Waals surface area contributed by atoms with Crippen molar-refractivity contribution in [3.8, 4) is 0 Å². The number of thiophene rings is 1. The maximum Gasteiger partial charge on any atom is 0.315 e. The van der Waals surface area contributed by atoms with Crippen molar-refractivity contribution >= 4 is 39.3 Å². The Morgan fingerprint density at radius 2 is 2.33 bits per heavy atom. The summed E-state index contributed by atoms with van der Waals surface area (Å²) in [7, 11) is 0. The summed E-state index contributed by atoms with van der Waals surface area (Å²) in [5.41, 5.74) is 1.14. The number of nitrogens with one attached hydrogen (secondary N) is 1. The second-order valence-corrected chi connectivity index (χ2v) is 8.65. The van der Waals surface area contributed by atoms with Crippen LogP contribution in [0.2, 0.25) is 0 Å². The normalized spacial score (nSPS) is 18.4. The summed E-state index contributed by atoms with van der Waals surface area (Å²) in [6.45, 7) is 6.38. The van der Waals surface area contributed by atoms with Gasteiger partial charge in [0.2, 0.25) is 0 Å². The molecule has 2 aromatic rings. The van der Waals surface area contributed by atoms with Gasteiger partial charge in [-0.15, -0.1) is 23.1 Å². The van der Waals surface area contributed by atoms with Crippen LogP contribution in [0.4, 0.5) is 0 Å². The molecule has 1 aliphatic rings. The summed E-state index contributed by atoms with van der Waals surface area (Å²) in [5, 5.41) is 0.706. The molecule has 3 rings (SSSR count). The molecule has 0 bridgehead atoms. The molecule has 2 atom stereocenters. The lowest BCUT2D eigenvalue weighted by Crippen LogP contribution is -2.16. The third-order valence-corrected chi connectivity index (χ3v) is 6.60. The highest BCUT2D eigenvalue weighted by Crippen LogP contribution is 2.36. The van der Waals surface area contributed by atoms with Crippen LogP contribution in [-0.2, 0) is 22.4 Å². The Kier molecular flexibility index (Phi) is 5.30.